The van der Waals surface area contributed by atoms with E-state index in [1.54, 1.807) is 11.3 Å². The smallest absolute Gasteiger partial charge is 0.141 e. The maximum absolute atomic E-state index is 10.5. The number of aliphatic hydroxyl groups excluding tert-OH is 1. The molecule has 1 saturated heterocycles. The van der Waals surface area contributed by atoms with Gasteiger partial charge in [-0.15, -0.1) is 11.3 Å². The van der Waals surface area contributed by atoms with Gasteiger partial charge in [-0.25, -0.2) is 4.99 Å². The van der Waals surface area contributed by atoms with Crippen LogP contribution in [0, 0.1) is 0 Å². The quantitative estimate of drug-likeness (QED) is 0.627. The lowest BCUT2D eigenvalue weighted by atomic mass is 9.99. The zero-order valence-electron chi connectivity index (χ0n) is 15.0. The van der Waals surface area contributed by atoms with Crippen LogP contribution < -0.4 is 10.6 Å². The second-order valence-corrected chi connectivity index (χ2v) is 8.00. The van der Waals surface area contributed by atoms with Crippen molar-refractivity contribution < 1.29 is 5.11 Å². The minimum Gasteiger partial charge on any atom is -0.383 e. The molecule has 5 nitrogen and oxygen atoms in total. The van der Waals surface area contributed by atoms with Gasteiger partial charge < -0.3 is 20.6 Å². The van der Waals surface area contributed by atoms with Crippen molar-refractivity contribution in [1.29, 1.82) is 0 Å². The van der Waals surface area contributed by atoms with Crippen molar-refractivity contribution in [2.24, 2.45) is 10.7 Å². The zero-order chi connectivity index (χ0) is 17.9. The molecule has 0 saturated carbocycles. The van der Waals surface area contributed by atoms with Crippen LogP contribution in [0.5, 0.6) is 0 Å². The van der Waals surface area contributed by atoms with Crippen molar-refractivity contribution in [2.75, 3.05) is 31.1 Å². The Morgan fingerprint density at radius 2 is 2.08 bits per heavy atom. The predicted molar refractivity (Wildman–Crippen MR) is 108 cm³/mol. The standard InChI is InChI=1S/C20H26N4OS/c21-20(18-4-3-13-26-18)22-16-6-7-17-15(14-16)5-8-19(25)24(17)12-11-23-9-1-2-10-23/h3-4,6-7,13-14,19,25H,1-2,5,8-12H2,(H2,21,22). The average molecular weight is 371 g/mol. The highest BCUT2D eigenvalue weighted by molar-refractivity contribution is 7.12. The van der Waals surface area contributed by atoms with Crippen LogP contribution in [-0.4, -0.2) is 48.2 Å². The van der Waals surface area contributed by atoms with Gasteiger partial charge in [-0.3, -0.25) is 0 Å². The van der Waals surface area contributed by atoms with E-state index in [1.165, 1.54) is 31.5 Å². The second-order valence-electron chi connectivity index (χ2n) is 7.05. The minimum atomic E-state index is -0.393. The highest BCUT2D eigenvalue weighted by Crippen LogP contribution is 2.33. The van der Waals surface area contributed by atoms with Crippen molar-refractivity contribution in [3.8, 4) is 0 Å². The van der Waals surface area contributed by atoms with Crippen molar-refractivity contribution in [2.45, 2.75) is 31.9 Å². The highest BCUT2D eigenvalue weighted by Gasteiger charge is 2.25. The summed E-state index contributed by atoms with van der Waals surface area (Å²) in [5.41, 5.74) is 9.38. The van der Waals surface area contributed by atoms with Crippen molar-refractivity contribution >= 4 is 28.5 Å². The number of hydrogen-bond acceptors (Lipinski definition) is 5. The van der Waals surface area contributed by atoms with E-state index in [-0.39, 0.29) is 0 Å². The molecular weight excluding hydrogens is 344 g/mol. The Kier molecular flexibility index (Phi) is 5.24. The molecule has 1 unspecified atom stereocenters. The van der Waals surface area contributed by atoms with E-state index in [4.69, 9.17) is 5.73 Å². The van der Waals surface area contributed by atoms with E-state index in [9.17, 15) is 5.11 Å². The topological polar surface area (TPSA) is 65.1 Å². The molecule has 1 atom stereocenters. The van der Waals surface area contributed by atoms with Gasteiger partial charge in [0.15, 0.2) is 0 Å². The Balaban J connectivity index is 1.52. The van der Waals surface area contributed by atoms with Gasteiger partial charge in [-0.05, 0) is 74.0 Å². The lowest BCUT2D eigenvalue weighted by Crippen LogP contribution is -2.43. The summed E-state index contributed by atoms with van der Waals surface area (Å²) >= 11 is 1.60. The van der Waals surface area contributed by atoms with Crippen LogP contribution in [0.1, 0.15) is 29.7 Å². The van der Waals surface area contributed by atoms with Crippen molar-refractivity contribution in [3.05, 3.63) is 46.2 Å². The molecule has 26 heavy (non-hydrogen) atoms. The molecule has 2 aliphatic rings. The van der Waals surface area contributed by atoms with Gasteiger partial charge in [0.1, 0.15) is 12.1 Å². The number of likely N-dealkylation sites (tertiary alicyclic amines) is 1. The lowest BCUT2D eigenvalue weighted by Gasteiger charge is -2.37. The summed E-state index contributed by atoms with van der Waals surface area (Å²) in [5, 5.41) is 12.5. The first kappa shape index (κ1) is 17.5. The molecule has 0 aliphatic carbocycles. The molecule has 4 rings (SSSR count). The third-order valence-corrected chi connectivity index (χ3v) is 6.18. The summed E-state index contributed by atoms with van der Waals surface area (Å²) < 4.78 is 0. The molecule has 1 aromatic heterocycles. The fourth-order valence-corrected chi connectivity index (χ4v) is 4.49. The Bertz CT molecular complexity index is 768. The molecule has 2 aliphatic heterocycles. The molecule has 0 bridgehead atoms. The maximum atomic E-state index is 10.5. The summed E-state index contributed by atoms with van der Waals surface area (Å²) in [6.07, 6.45) is 3.84. The third-order valence-electron chi connectivity index (χ3n) is 5.28. The molecular formula is C20H26N4OS. The summed E-state index contributed by atoms with van der Waals surface area (Å²) in [6, 6.07) is 10.2. The number of nitrogens with zero attached hydrogens (tertiary/aromatic N) is 3. The molecule has 0 radical (unpaired) electrons. The molecule has 0 spiro atoms. The van der Waals surface area contributed by atoms with E-state index < -0.39 is 6.23 Å². The van der Waals surface area contributed by atoms with Gasteiger partial charge in [0.05, 0.1) is 10.6 Å². The van der Waals surface area contributed by atoms with E-state index in [0.717, 1.165) is 42.2 Å². The molecule has 2 aromatic rings. The molecule has 3 heterocycles. The molecule has 1 aromatic carbocycles. The summed E-state index contributed by atoms with van der Waals surface area (Å²) in [6.45, 7) is 4.26. The van der Waals surface area contributed by atoms with Crippen LogP contribution in [0.2, 0.25) is 0 Å². The number of anilines is 1. The van der Waals surface area contributed by atoms with Crippen LogP contribution in [0.25, 0.3) is 0 Å². The van der Waals surface area contributed by atoms with Gasteiger partial charge in [0.25, 0.3) is 0 Å². The predicted octanol–water partition coefficient (Wildman–Crippen LogP) is 2.95. The SMILES string of the molecule is NC(=Nc1ccc2c(c1)CCC(O)N2CCN1CCCC1)c1cccs1. The summed E-state index contributed by atoms with van der Waals surface area (Å²) in [5.74, 6) is 0.557. The number of nitrogens with two attached hydrogens (primary N) is 1. The Morgan fingerprint density at radius 3 is 2.85 bits per heavy atom. The first-order valence-corrected chi connectivity index (χ1v) is 10.3. The van der Waals surface area contributed by atoms with E-state index in [0.29, 0.717) is 5.84 Å². The monoisotopic (exact) mass is 370 g/mol. The van der Waals surface area contributed by atoms with Crippen molar-refractivity contribution in [1.82, 2.24) is 4.90 Å². The lowest BCUT2D eigenvalue weighted by molar-refractivity contribution is 0.149. The van der Waals surface area contributed by atoms with Crippen molar-refractivity contribution in [3.63, 3.8) is 0 Å². The normalized spacial score (nSPS) is 21.2. The molecule has 6 heteroatoms. The number of aliphatic imine (C=N–C) groups is 1. The first-order chi connectivity index (χ1) is 12.7. The fraction of sp³-hybridized carbons (Fsp3) is 0.450. The van der Waals surface area contributed by atoms with Gasteiger partial charge >= 0.3 is 0 Å². The largest absolute Gasteiger partial charge is 0.383 e. The Morgan fingerprint density at radius 1 is 1.23 bits per heavy atom. The van der Waals surface area contributed by atoms with Crippen LogP contribution in [0.3, 0.4) is 0 Å². The Labute approximate surface area is 158 Å². The van der Waals surface area contributed by atoms with Gasteiger partial charge in [-0.1, -0.05) is 6.07 Å². The Hall–Kier alpha value is -1.89. The number of thiophene rings is 1. The van der Waals surface area contributed by atoms with Gasteiger partial charge in [-0.2, -0.15) is 0 Å². The number of benzene rings is 1. The highest BCUT2D eigenvalue weighted by atomic mass is 32.1. The molecule has 0 amide bonds. The molecule has 138 valence electrons. The third kappa shape index (κ3) is 3.77. The number of fused-ring (bicyclic) bond motifs is 1. The number of rotatable bonds is 5. The second kappa shape index (κ2) is 7.78. The number of hydrogen-bond donors (Lipinski definition) is 2. The summed E-state index contributed by atoms with van der Waals surface area (Å²) in [7, 11) is 0. The van der Waals surface area contributed by atoms with E-state index >= 15 is 0 Å². The van der Waals surface area contributed by atoms with E-state index in [2.05, 4.69) is 26.9 Å². The van der Waals surface area contributed by atoms with Crippen LogP contribution in [0.4, 0.5) is 11.4 Å². The number of aliphatic hydroxyl groups is 1. The number of aryl methyl sites for hydroxylation is 1. The number of amidine groups is 1. The molecule has 3 N–H and O–H groups in total. The van der Waals surface area contributed by atoms with Crippen LogP contribution in [-0.2, 0) is 6.42 Å². The fourth-order valence-electron chi connectivity index (χ4n) is 3.87. The molecule has 1 fully saturated rings. The van der Waals surface area contributed by atoms with Crippen LogP contribution in [0.15, 0.2) is 40.7 Å². The first-order valence-electron chi connectivity index (χ1n) is 9.39. The average Bonchev–Trinajstić information content (AvgIpc) is 3.35. The van der Waals surface area contributed by atoms with Gasteiger partial charge in [0.2, 0.25) is 0 Å². The van der Waals surface area contributed by atoms with Crippen LogP contribution >= 0.6 is 11.3 Å². The van der Waals surface area contributed by atoms with Gasteiger partial charge in [0, 0.05) is 18.8 Å². The summed E-state index contributed by atoms with van der Waals surface area (Å²) in [4.78, 5) is 10.2. The zero-order valence-corrected chi connectivity index (χ0v) is 15.8. The van der Waals surface area contributed by atoms with E-state index in [1.807, 2.05) is 23.6 Å². The maximum Gasteiger partial charge on any atom is 0.141 e. The minimum absolute atomic E-state index is 0.393.